The maximum atomic E-state index is 12.8. The third-order valence-electron chi connectivity index (χ3n) is 5.34. The summed E-state index contributed by atoms with van der Waals surface area (Å²) >= 11 is 3.49. The van der Waals surface area contributed by atoms with E-state index in [0.29, 0.717) is 6.42 Å². The van der Waals surface area contributed by atoms with Gasteiger partial charge in [0.2, 0.25) is 5.91 Å². The molecule has 1 aliphatic rings. The van der Waals surface area contributed by atoms with E-state index in [0.717, 1.165) is 36.7 Å². The lowest BCUT2D eigenvalue weighted by atomic mass is 10.0. The van der Waals surface area contributed by atoms with Crippen LogP contribution in [0.25, 0.3) is 10.9 Å². The molecule has 0 radical (unpaired) electrons. The van der Waals surface area contributed by atoms with Crippen molar-refractivity contribution in [2.45, 2.75) is 38.1 Å². The highest BCUT2D eigenvalue weighted by atomic mass is 79.9. The maximum Gasteiger partial charge on any atom is 0.223 e. The van der Waals surface area contributed by atoms with Crippen molar-refractivity contribution < 1.29 is 4.79 Å². The number of amides is 1. The van der Waals surface area contributed by atoms with Crippen molar-refractivity contribution in [3.63, 3.8) is 0 Å². The standard InChI is InChI=1S/C22H23BrN2O/c23-18-12-10-16(11-13-18)21-8-4-14-25(21)22(26)9-3-5-17-15-24-20-7-2-1-6-19(17)20/h1-2,6-7,10-13,15,21,24H,3-5,8-9,14H2. The molecule has 4 rings (SSSR count). The fourth-order valence-electron chi connectivity index (χ4n) is 4.01. The van der Waals surface area contributed by atoms with Gasteiger partial charge in [-0.15, -0.1) is 0 Å². The van der Waals surface area contributed by atoms with Crippen molar-refractivity contribution in [3.05, 3.63) is 70.3 Å². The lowest BCUT2D eigenvalue weighted by Crippen LogP contribution is -2.30. The zero-order valence-electron chi connectivity index (χ0n) is 14.7. The Morgan fingerprint density at radius 3 is 2.81 bits per heavy atom. The highest BCUT2D eigenvalue weighted by Crippen LogP contribution is 2.33. The Balaban J connectivity index is 1.37. The molecule has 134 valence electrons. The smallest absolute Gasteiger partial charge is 0.223 e. The van der Waals surface area contributed by atoms with Gasteiger partial charge in [0.1, 0.15) is 0 Å². The molecule has 0 aliphatic carbocycles. The number of hydrogen-bond acceptors (Lipinski definition) is 1. The summed E-state index contributed by atoms with van der Waals surface area (Å²) in [6.45, 7) is 0.882. The second-order valence-electron chi connectivity index (χ2n) is 7.01. The largest absolute Gasteiger partial charge is 0.361 e. The van der Waals surface area contributed by atoms with Crippen LogP contribution in [0, 0.1) is 0 Å². The summed E-state index contributed by atoms with van der Waals surface area (Å²) in [7, 11) is 0. The zero-order valence-corrected chi connectivity index (χ0v) is 16.3. The van der Waals surface area contributed by atoms with Gasteiger partial charge < -0.3 is 9.88 Å². The first kappa shape index (κ1) is 17.3. The number of carbonyl (C=O) groups excluding carboxylic acids is 1. The summed E-state index contributed by atoms with van der Waals surface area (Å²) in [6, 6.07) is 17.0. The van der Waals surface area contributed by atoms with Crippen LogP contribution in [0.2, 0.25) is 0 Å². The monoisotopic (exact) mass is 410 g/mol. The Morgan fingerprint density at radius 1 is 1.15 bits per heavy atom. The second-order valence-corrected chi connectivity index (χ2v) is 7.93. The molecule has 3 aromatic rings. The summed E-state index contributed by atoms with van der Waals surface area (Å²) in [5.74, 6) is 0.287. The van der Waals surface area contributed by atoms with Gasteiger partial charge in [0, 0.05) is 34.5 Å². The van der Waals surface area contributed by atoms with Gasteiger partial charge in [-0.2, -0.15) is 0 Å². The number of halogens is 1. The number of likely N-dealkylation sites (tertiary alicyclic amines) is 1. The number of carbonyl (C=O) groups is 1. The fraction of sp³-hybridized carbons (Fsp3) is 0.318. The van der Waals surface area contributed by atoms with E-state index in [-0.39, 0.29) is 11.9 Å². The molecule has 1 unspecified atom stereocenters. The van der Waals surface area contributed by atoms with Crippen LogP contribution in [0.5, 0.6) is 0 Å². The Kier molecular flexibility index (Phi) is 5.11. The average molecular weight is 411 g/mol. The summed E-state index contributed by atoms with van der Waals surface area (Å²) in [5.41, 5.74) is 3.72. The van der Waals surface area contributed by atoms with Crippen molar-refractivity contribution >= 4 is 32.7 Å². The van der Waals surface area contributed by atoms with Gasteiger partial charge in [-0.05, 0) is 55.0 Å². The molecule has 3 nitrogen and oxygen atoms in total. The van der Waals surface area contributed by atoms with Gasteiger partial charge in [-0.3, -0.25) is 4.79 Å². The first-order valence-corrected chi connectivity index (χ1v) is 10.1. The number of nitrogens with zero attached hydrogens (tertiary/aromatic N) is 1. The zero-order chi connectivity index (χ0) is 17.9. The Hall–Kier alpha value is -2.07. The molecule has 26 heavy (non-hydrogen) atoms. The molecular formula is C22H23BrN2O. The summed E-state index contributed by atoms with van der Waals surface area (Å²) in [4.78, 5) is 18.2. The molecule has 1 N–H and O–H groups in total. The maximum absolute atomic E-state index is 12.8. The van der Waals surface area contributed by atoms with E-state index in [1.54, 1.807) is 0 Å². The quantitative estimate of drug-likeness (QED) is 0.582. The van der Waals surface area contributed by atoms with Gasteiger partial charge in [0.15, 0.2) is 0 Å². The molecular weight excluding hydrogens is 388 g/mol. The number of hydrogen-bond donors (Lipinski definition) is 1. The summed E-state index contributed by atoms with van der Waals surface area (Å²) in [5, 5.41) is 1.27. The van der Waals surface area contributed by atoms with E-state index >= 15 is 0 Å². The number of aryl methyl sites for hydroxylation is 1. The number of H-pyrrole nitrogens is 1. The van der Waals surface area contributed by atoms with Crippen LogP contribution in [-0.4, -0.2) is 22.3 Å². The highest BCUT2D eigenvalue weighted by Gasteiger charge is 2.29. The van der Waals surface area contributed by atoms with Crippen LogP contribution in [0.3, 0.4) is 0 Å². The van der Waals surface area contributed by atoms with Gasteiger partial charge in [0.05, 0.1) is 6.04 Å². The molecule has 1 atom stereocenters. The van der Waals surface area contributed by atoms with E-state index in [1.165, 1.54) is 22.0 Å². The number of para-hydroxylation sites is 1. The Morgan fingerprint density at radius 2 is 1.96 bits per heavy atom. The number of rotatable bonds is 5. The predicted molar refractivity (Wildman–Crippen MR) is 109 cm³/mol. The molecule has 4 heteroatoms. The van der Waals surface area contributed by atoms with Crippen molar-refractivity contribution in [3.8, 4) is 0 Å². The van der Waals surface area contributed by atoms with Crippen LogP contribution in [0.1, 0.15) is 42.9 Å². The highest BCUT2D eigenvalue weighted by molar-refractivity contribution is 9.10. The topological polar surface area (TPSA) is 36.1 Å². The van der Waals surface area contributed by atoms with Crippen LogP contribution in [0.15, 0.2) is 59.2 Å². The van der Waals surface area contributed by atoms with E-state index in [4.69, 9.17) is 0 Å². The normalized spacial score (nSPS) is 17.1. The second kappa shape index (κ2) is 7.67. The van der Waals surface area contributed by atoms with Gasteiger partial charge in [-0.25, -0.2) is 0 Å². The lowest BCUT2D eigenvalue weighted by molar-refractivity contribution is -0.132. The Bertz CT molecular complexity index is 900. The van der Waals surface area contributed by atoms with Gasteiger partial charge >= 0.3 is 0 Å². The SMILES string of the molecule is O=C(CCCc1c[nH]c2ccccc12)N1CCCC1c1ccc(Br)cc1. The van der Waals surface area contributed by atoms with Gasteiger partial charge in [0.25, 0.3) is 0 Å². The van der Waals surface area contributed by atoms with E-state index in [9.17, 15) is 4.79 Å². The van der Waals surface area contributed by atoms with Crippen molar-refractivity contribution in [1.82, 2.24) is 9.88 Å². The minimum absolute atomic E-state index is 0.240. The third kappa shape index (κ3) is 3.56. The Labute approximate surface area is 162 Å². The first-order valence-electron chi connectivity index (χ1n) is 9.32. The molecule has 1 fully saturated rings. The number of aromatic nitrogens is 1. The number of nitrogens with one attached hydrogen (secondary N) is 1. The molecule has 0 spiro atoms. The number of aromatic amines is 1. The predicted octanol–water partition coefficient (Wildman–Crippen LogP) is 5.62. The lowest BCUT2D eigenvalue weighted by Gasteiger charge is -2.25. The molecule has 2 heterocycles. The molecule has 0 bridgehead atoms. The number of fused-ring (bicyclic) bond motifs is 1. The van der Waals surface area contributed by atoms with Crippen molar-refractivity contribution in [1.29, 1.82) is 0 Å². The van der Waals surface area contributed by atoms with E-state index in [2.05, 4.69) is 74.5 Å². The molecule has 2 aromatic carbocycles. The first-order chi connectivity index (χ1) is 12.7. The third-order valence-corrected chi connectivity index (χ3v) is 5.87. The van der Waals surface area contributed by atoms with E-state index in [1.807, 2.05) is 6.07 Å². The average Bonchev–Trinajstić information content (AvgIpc) is 3.30. The van der Waals surface area contributed by atoms with Crippen LogP contribution >= 0.6 is 15.9 Å². The van der Waals surface area contributed by atoms with Crippen LogP contribution < -0.4 is 0 Å². The van der Waals surface area contributed by atoms with E-state index < -0.39 is 0 Å². The summed E-state index contributed by atoms with van der Waals surface area (Å²) in [6.07, 6.45) is 6.68. The molecule has 0 saturated carbocycles. The molecule has 1 aromatic heterocycles. The molecule has 1 saturated heterocycles. The van der Waals surface area contributed by atoms with Crippen molar-refractivity contribution in [2.24, 2.45) is 0 Å². The number of benzene rings is 2. The van der Waals surface area contributed by atoms with Crippen LogP contribution in [-0.2, 0) is 11.2 Å². The summed E-state index contributed by atoms with van der Waals surface area (Å²) < 4.78 is 1.08. The fourth-order valence-corrected chi connectivity index (χ4v) is 4.27. The van der Waals surface area contributed by atoms with Gasteiger partial charge in [-0.1, -0.05) is 46.3 Å². The molecule has 1 amide bonds. The minimum Gasteiger partial charge on any atom is -0.361 e. The van der Waals surface area contributed by atoms with Crippen molar-refractivity contribution in [2.75, 3.05) is 6.54 Å². The molecule has 1 aliphatic heterocycles. The van der Waals surface area contributed by atoms with Crippen LogP contribution in [0.4, 0.5) is 0 Å². The minimum atomic E-state index is 0.240.